The maximum atomic E-state index is 13.8. The number of hydrogen-bond donors (Lipinski definition) is 1. The van der Waals surface area contributed by atoms with E-state index in [4.69, 9.17) is 42.1 Å². The van der Waals surface area contributed by atoms with Crippen LogP contribution in [0, 0.1) is 11.8 Å². The van der Waals surface area contributed by atoms with E-state index in [9.17, 15) is 9.59 Å². The fraction of sp³-hybridized carbons (Fsp3) is 0.259. The number of nitrogens with one attached hydrogen (secondary N) is 1. The summed E-state index contributed by atoms with van der Waals surface area (Å²) in [5, 5.41) is 3.56. The van der Waals surface area contributed by atoms with Crippen molar-refractivity contribution in [3.05, 3.63) is 70.2 Å². The van der Waals surface area contributed by atoms with E-state index in [1.54, 1.807) is 61.6 Å². The number of halogens is 2. The summed E-state index contributed by atoms with van der Waals surface area (Å²) in [5.74, 6) is 1.04. The first kappa shape index (κ1) is 25.0. The van der Waals surface area contributed by atoms with E-state index in [1.807, 2.05) is 12.1 Å². The number of benzene rings is 3. The van der Waals surface area contributed by atoms with Gasteiger partial charge in [-0.1, -0.05) is 23.2 Å². The topological polar surface area (TPSA) is 86.3 Å². The fourth-order valence-electron chi connectivity index (χ4n) is 4.27. The molecule has 1 heterocycles. The van der Waals surface area contributed by atoms with Gasteiger partial charge in [-0.25, -0.2) is 0 Å². The van der Waals surface area contributed by atoms with E-state index < -0.39 is 11.8 Å². The minimum atomic E-state index is -0.475. The van der Waals surface area contributed by atoms with Gasteiger partial charge in [0.05, 0.1) is 42.6 Å². The minimum Gasteiger partial charge on any atom is -0.497 e. The highest BCUT2D eigenvalue weighted by molar-refractivity contribution is 6.42. The van der Waals surface area contributed by atoms with Gasteiger partial charge < -0.3 is 29.2 Å². The van der Waals surface area contributed by atoms with Gasteiger partial charge in [0.15, 0.2) is 11.5 Å². The lowest BCUT2D eigenvalue weighted by Gasteiger charge is -2.25. The Balaban J connectivity index is 1.38. The molecule has 2 aliphatic rings. The van der Waals surface area contributed by atoms with Gasteiger partial charge >= 0.3 is 0 Å². The van der Waals surface area contributed by atoms with Gasteiger partial charge in [0.2, 0.25) is 18.6 Å². The number of carbonyl (C=O) groups is 2. The van der Waals surface area contributed by atoms with Crippen molar-refractivity contribution in [1.82, 2.24) is 0 Å². The molecule has 1 fully saturated rings. The zero-order chi connectivity index (χ0) is 26.1. The molecule has 0 radical (unpaired) electrons. The minimum absolute atomic E-state index is 0.124. The molecule has 0 saturated heterocycles. The molecule has 1 aliphatic carbocycles. The van der Waals surface area contributed by atoms with Crippen LogP contribution in [0.5, 0.6) is 23.0 Å². The van der Waals surface area contributed by atoms with Gasteiger partial charge in [0.1, 0.15) is 11.5 Å². The molecule has 0 aromatic heterocycles. The average Bonchev–Trinajstić information content (AvgIpc) is 3.58. The van der Waals surface area contributed by atoms with Gasteiger partial charge in [0, 0.05) is 29.1 Å². The molecule has 10 heteroatoms. The number of carbonyl (C=O) groups excluding carboxylic acids is 2. The second-order valence-electron chi connectivity index (χ2n) is 8.71. The molecule has 3 aromatic rings. The predicted octanol–water partition coefficient (Wildman–Crippen LogP) is 5.55. The van der Waals surface area contributed by atoms with Gasteiger partial charge in [-0.15, -0.1) is 0 Å². The Morgan fingerprint density at radius 3 is 2.51 bits per heavy atom. The van der Waals surface area contributed by atoms with E-state index in [-0.39, 0.29) is 25.2 Å². The lowest BCUT2D eigenvalue weighted by atomic mass is 10.1. The number of nitrogens with zero attached hydrogens (tertiary/aromatic N) is 1. The van der Waals surface area contributed by atoms with Crippen molar-refractivity contribution in [1.29, 1.82) is 0 Å². The smallest absolute Gasteiger partial charge is 0.231 e. The number of hydrogen-bond acceptors (Lipinski definition) is 6. The summed E-state index contributed by atoms with van der Waals surface area (Å²) in [5.41, 5.74) is 1.93. The molecule has 1 N–H and O–H groups in total. The van der Waals surface area contributed by atoms with Crippen molar-refractivity contribution >= 4 is 46.4 Å². The van der Waals surface area contributed by atoms with Crippen LogP contribution < -0.4 is 29.2 Å². The highest BCUT2D eigenvalue weighted by Crippen LogP contribution is 2.44. The standard InChI is InChI=1S/C27H24Cl2N2O6/c1-34-18-6-3-15(24(11-18)35-2)13-31(17-5-8-23-25(10-17)37-14-36-23)27(33)20-12-19(20)26(32)30-16-4-7-21(28)22(29)9-16/h3-11,19-20H,12-14H2,1-2H3,(H,30,32). The van der Waals surface area contributed by atoms with Crippen LogP contribution in [0.15, 0.2) is 54.6 Å². The monoisotopic (exact) mass is 542 g/mol. The Labute approximate surface area is 224 Å². The number of ether oxygens (including phenoxy) is 4. The van der Waals surface area contributed by atoms with Crippen LogP contribution in [0.4, 0.5) is 11.4 Å². The van der Waals surface area contributed by atoms with Crippen molar-refractivity contribution in [3.8, 4) is 23.0 Å². The number of anilines is 2. The molecule has 1 aliphatic heterocycles. The number of methoxy groups -OCH3 is 2. The van der Waals surface area contributed by atoms with Crippen LogP contribution in [0.3, 0.4) is 0 Å². The molecular weight excluding hydrogens is 519 g/mol. The lowest BCUT2D eigenvalue weighted by molar-refractivity contribution is -0.123. The molecule has 1 saturated carbocycles. The molecule has 2 atom stereocenters. The molecule has 2 amide bonds. The second kappa shape index (κ2) is 10.4. The third-order valence-corrected chi connectivity index (χ3v) is 7.13. The quantitative estimate of drug-likeness (QED) is 0.401. The van der Waals surface area contributed by atoms with E-state index >= 15 is 0 Å². The maximum absolute atomic E-state index is 13.8. The zero-order valence-electron chi connectivity index (χ0n) is 20.1. The summed E-state index contributed by atoms with van der Waals surface area (Å²) in [6, 6.07) is 15.6. The highest BCUT2D eigenvalue weighted by Gasteiger charge is 2.50. The van der Waals surface area contributed by atoms with Crippen molar-refractivity contribution < 1.29 is 28.5 Å². The number of fused-ring (bicyclic) bond motifs is 1. The molecule has 3 aromatic carbocycles. The molecule has 192 valence electrons. The Hall–Kier alpha value is -3.62. The summed E-state index contributed by atoms with van der Waals surface area (Å²) < 4.78 is 21.8. The van der Waals surface area contributed by atoms with Crippen molar-refractivity contribution in [2.75, 3.05) is 31.2 Å². The third kappa shape index (κ3) is 5.26. The van der Waals surface area contributed by atoms with Crippen molar-refractivity contribution in [2.24, 2.45) is 11.8 Å². The summed E-state index contributed by atoms with van der Waals surface area (Å²) in [6.45, 7) is 0.349. The molecule has 2 unspecified atom stereocenters. The Bertz CT molecular complexity index is 1360. The average molecular weight is 543 g/mol. The molecule has 0 spiro atoms. The van der Waals surface area contributed by atoms with E-state index in [2.05, 4.69) is 5.32 Å². The third-order valence-electron chi connectivity index (χ3n) is 6.39. The van der Waals surface area contributed by atoms with Crippen LogP contribution in [0.1, 0.15) is 12.0 Å². The fourth-order valence-corrected chi connectivity index (χ4v) is 4.57. The first-order valence-electron chi connectivity index (χ1n) is 11.6. The largest absolute Gasteiger partial charge is 0.497 e. The normalized spacial score (nSPS) is 17.2. The highest BCUT2D eigenvalue weighted by atomic mass is 35.5. The van der Waals surface area contributed by atoms with Crippen molar-refractivity contribution in [3.63, 3.8) is 0 Å². The van der Waals surface area contributed by atoms with Crippen LogP contribution in [-0.4, -0.2) is 32.8 Å². The number of rotatable bonds is 8. The summed E-state index contributed by atoms with van der Waals surface area (Å²) in [6.07, 6.45) is 0.437. The number of amides is 2. The second-order valence-corrected chi connectivity index (χ2v) is 9.52. The van der Waals surface area contributed by atoms with Gasteiger partial charge in [-0.3, -0.25) is 9.59 Å². The molecule has 5 rings (SSSR count). The van der Waals surface area contributed by atoms with Crippen LogP contribution in [0.25, 0.3) is 0 Å². The van der Waals surface area contributed by atoms with Crippen molar-refractivity contribution in [2.45, 2.75) is 13.0 Å². The van der Waals surface area contributed by atoms with Gasteiger partial charge in [0.25, 0.3) is 0 Å². The maximum Gasteiger partial charge on any atom is 0.231 e. The van der Waals surface area contributed by atoms with Crippen LogP contribution in [-0.2, 0) is 16.1 Å². The SMILES string of the molecule is COc1ccc(CN(C(=O)C2CC2C(=O)Nc2ccc(Cl)c(Cl)c2)c2ccc3c(c2)OCO3)c(OC)c1. The van der Waals surface area contributed by atoms with Crippen LogP contribution in [0.2, 0.25) is 10.0 Å². The Morgan fingerprint density at radius 2 is 1.76 bits per heavy atom. The molecule has 0 bridgehead atoms. The zero-order valence-corrected chi connectivity index (χ0v) is 21.6. The first-order valence-corrected chi connectivity index (χ1v) is 12.3. The first-order chi connectivity index (χ1) is 17.9. The molecule has 37 heavy (non-hydrogen) atoms. The summed E-state index contributed by atoms with van der Waals surface area (Å²) in [4.78, 5) is 28.3. The van der Waals surface area contributed by atoms with E-state index in [1.165, 1.54) is 0 Å². The van der Waals surface area contributed by atoms with Gasteiger partial charge in [-0.2, -0.15) is 0 Å². The lowest BCUT2D eigenvalue weighted by Crippen LogP contribution is -2.33. The summed E-state index contributed by atoms with van der Waals surface area (Å²) in [7, 11) is 3.14. The Morgan fingerprint density at radius 1 is 0.946 bits per heavy atom. The summed E-state index contributed by atoms with van der Waals surface area (Å²) >= 11 is 12.0. The van der Waals surface area contributed by atoms with E-state index in [0.29, 0.717) is 50.8 Å². The Kier molecular flexibility index (Phi) is 7.04. The van der Waals surface area contributed by atoms with Crippen LogP contribution >= 0.6 is 23.2 Å². The van der Waals surface area contributed by atoms with Gasteiger partial charge in [-0.05, 0) is 48.9 Å². The van der Waals surface area contributed by atoms with E-state index in [0.717, 1.165) is 5.56 Å². The predicted molar refractivity (Wildman–Crippen MR) is 140 cm³/mol. The molecule has 8 nitrogen and oxygen atoms in total. The molecular formula is C27H24Cl2N2O6.